The summed E-state index contributed by atoms with van der Waals surface area (Å²) in [5, 5.41) is 7.12. The highest BCUT2D eigenvalue weighted by Gasteiger charge is 2.06. The van der Waals surface area contributed by atoms with E-state index in [0.717, 1.165) is 5.69 Å². The molecule has 3 heterocycles. The van der Waals surface area contributed by atoms with Crippen molar-refractivity contribution in [2.75, 3.05) is 0 Å². The van der Waals surface area contributed by atoms with Gasteiger partial charge in [-0.2, -0.15) is 0 Å². The van der Waals surface area contributed by atoms with Crippen LogP contribution in [0.4, 0.5) is 0 Å². The summed E-state index contributed by atoms with van der Waals surface area (Å²) in [6.07, 6.45) is 4.39. The quantitative estimate of drug-likeness (QED) is 0.422. The molecule has 3 heteroatoms. The second-order valence-electron chi connectivity index (χ2n) is 5.73. The molecule has 0 spiro atoms. The standard InChI is InChI=1S/C20H14N2S/c1-2-5-18-14(4-1)11-19(21-18)15-7-8-16-12-22(13-17(16)10-15)20-6-3-9-23-20/h1-13,21H. The highest BCUT2D eigenvalue weighted by Crippen LogP contribution is 2.29. The van der Waals surface area contributed by atoms with Gasteiger partial charge >= 0.3 is 0 Å². The number of nitrogens with zero attached hydrogens (tertiary/aromatic N) is 1. The highest BCUT2D eigenvalue weighted by molar-refractivity contribution is 7.12. The molecule has 0 fully saturated rings. The average molecular weight is 314 g/mol. The fourth-order valence-corrected chi connectivity index (χ4v) is 3.76. The zero-order chi connectivity index (χ0) is 15.2. The van der Waals surface area contributed by atoms with Crippen LogP contribution >= 0.6 is 11.3 Å². The Labute approximate surface area is 137 Å². The molecule has 0 aliphatic heterocycles. The molecule has 0 radical (unpaired) electrons. The van der Waals surface area contributed by atoms with Gasteiger partial charge in [0.15, 0.2) is 0 Å². The van der Waals surface area contributed by atoms with Gasteiger partial charge in [-0.15, -0.1) is 11.3 Å². The summed E-state index contributed by atoms with van der Waals surface area (Å²) in [6.45, 7) is 0. The van der Waals surface area contributed by atoms with E-state index in [9.17, 15) is 0 Å². The number of para-hydroxylation sites is 1. The van der Waals surface area contributed by atoms with Gasteiger partial charge in [0.25, 0.3) is 0 Å². The Hall–Kier alpha value is -2.78. The van der Waals surface area contributed by atoms with Gasteiger partial charge in [-0.05, 0) is 46.7 Å². The minimum Gasteiger partial charge on any atom is -0.355 e. The topological polar surface area (TPSA) is 20.7 Å². The van der Waals surface area contributed by atoms with Crippen LogP contribution in [0.25, 0.3) is 37.9 Å². The smallest absolute Gasteiger partial charge is 0.0989 e. The summed E-state index contributed by atoms with van der Waals surface area (Å²) in [7, 11) is 0. The Balaban J connectivity index is 1.64. The Morgan fingerprint density at radius 3 is 2.57 bits per heavy atom. The molecule has 2 aromatic carbocycles. The fourth-order valence-electron chi connectivity index (χ4n) is 3.08. The van der Waals surface area contributed by atoms with Gasteiger partial charge in [-0.3, -0.25) is 0 Å². The maximum Gasteiger partial charge on any atom is 0.0989 e. The number of hydrogen-bond acceptors (Lipinski definition) is 1. The number of rotatable bonds is 2. The number of thiophene rings is 1. The summed E-state index contributed by atoms with van der Waals surface area (Å²) in [5.74, 6) is 0. The van der Waals surface area contributed by atoms with Crippen LogP contribution in [0.2, 0.25) is 0 Å². The number of nitrogens with one attached hydrogen (secondary N) is 1. The Kier molecular flexibility index (Phi) is 2.69. The van der Waals surface area contributed by atoms with Crippen LogP contribution in [0, 0.1) is 0 Å². The second-order valence-corrected chi connectivity index (χ2v) is 6.66. The molecule has 0 aliphatic rings. The minimum absolute atomic E-state index is 1.16. The van der Waals surface area contributed by atoms with Crippen LogP contribution in [0.1, 0.15) is 0 Å². The predicted octanol–water partition coefficient (Wildman–Crippen LogP) is 5.84. The summed E-state index contributed by atoms with van der Waals surface area (Å²) in [5.41, 5.74) is 3.56. The van der Waals surface area contributed by atoms with Crippen molar-refractivity contribution < 1.29 is 0 Å². The molecule has 23 heavy (non-hydrogen) atoms. The van der Waals surface area contributed by atoms with Crippen molar-refractivity contribution in [3.8, 4) is 16.3 Å². The molecular formula is C20H14N2S. The molecule has 5 rings (SSSR count). The zero-order valence-electron chi connectivity index (χ0n) is 12.4. The summed E-state index contributed by atoms with van der Waals surface area (Å²) in [6, 6.07) is 21.5. The molecule has 0 saturated heterocycles. The van der Waals surface area contributed by atoms with Crippen molar-refractivity contribution in [3.05, 3.63) is 78.4 Å². The third-order valence-electron chi connectivity index (χ3n) is 4.24. The van der Waals surface area contributed by atoms with Crippen molar-refractivity contribution in [3.63, 3.8) is 0 Å². The minimum atomic E-state index is 1.16. The highest BCUT2D eigenvalue weighted by atomic mass is 32.1. The third kappa shape index (κ3) is 2.09. The van der Waals surface area contributed by atoms with E-state index in [4.69, 9.17) is 0 Å². The first-order valence-corrected chi connectivity index (χ1v) is 8.48. The molecule has 2 nitrogen and oxygen atoms in total. The second kappa shape index (κ2) is 4.86. The first-order chi connectivity index (χ1) is 11.4. The van der Waals surface area contributed by atoms with Gasteiger partial charge in [0, 0.05) is 34.4 Å². The van der Waals surface area contributed by atoms with E-state index in [0.29, 0.717) is 0 Å². The van der Waals surface area contributed by atoms with Gasteiger partial charge in [-0.1, -0.05) is 30.3 Å². The SMILES string of the molecule is c1csc(-n2cc3ccc(-c4cc5ccccc5[nH]4)cc3c2)c1. The van der Waals surface area contributed by atoms with Crippen LogP contribution in [0.5, 0.6) is 0 Å². The van der Waals surface area contributed by atoms with Gasteiger partial charge < -0.3 is 9.55 Å². The third-order valence-corrected chi connectivity index (χ3v) is 5.13. The number of aromatic nitrogens is 2. The molecular weight excluding hydrogens is 300 g/mol. The van der Waals surface area contributed by atoms with Crippen molar-refractivity contribution >= 4 is 33.0 Å². The van der Waals surface area contributed by atoms with Crippen molar-refractivity contribution in [2.24, 2.45) is 0 Å². The van der Waals surface area contributed by atoms with Crippen LogP contribution in [0.15, 0.2) is 78.4 Å². The summed E-state index contributed by atoms with van der Waals surface area (Å²) < 4.78 is 2.20. The maximum absolute atomic E-state index is 3.51. The van der Waals surface area contributed by atoms with E-state index in [1.807, 2.05) is 0 Å². The van der Waals surface area contributed by atoms with E-state index in [1.165, 1.54) is 32.2 Å². The largest absolute Gasteiger partial charge is 0.355 e. The molecule has 0 amide bonds. The Morgan fingerprint density at radius 2 is 1.70 bits per heavy atom. The molecule has 5 aromatic rings. The van der Waals surface area contributed by atoms with Crippen molar-refractivity contribution in [2.45, 2.75) is 0 Å². The van der Waals surface area contributed by atoms with Crippen LogP contribution in [-0.2, 0) is 0 Å². The Morgan fingerprint density at radius 1 is 0.783 bits per heavy atom. The summed E-state index contributed by atoms with van der Waals surface area (Å²) >= 11 is 1.75. The molecule has 0 saturated carbocycles. The van der Waals surface area contributed by atoms with Crippen LogP contribution < -0.4 is 0 Å². The Bertz CT molecular complexity index is 1080. The molecule has 3 aromatic heterocycles. The van der Waals surface area contributed by atoms with Crippen molar-refractivity contribution in [1.82, 2.24) is 9.55 Å². The fraction of sp³-hybridized carbons (Fsp3) is 0. The lowest BCUT2D eigenvalue weighted by molar-refractivity contribution is 1.12. The van der Waals surface area contributed by atoms with Crippen LogP contribution in [-0.4, -0.2) is 9.55 Å². The zero-order valence-corrected chi connectivity index (χ0v) is 13.2. The van der Waals surface area contributed by atoms with Crippen LogP contribution in [0.3, 0.4) is 0 Å². The molecule has 0 unspecified atom stereocenters. The molecule has 0 atom stereocenters. The van der Waals surface area contributed by atoms with Gasteiger partial charge in [-0.25, -0.2) is 0 Å². The number of aromatic amines is 1. The summed E-state index contributed by atoms with van der Waals surface area (Å²) in [4.78, 5) is 3.51. The number of fused-ring (bicyclic) bond motifs is 2. The number of benzene rings is 2. The van der Waals surface area contributed by atoms with E-state index in [-0.39, 0.29) is 0 Å². The normalized spacial score (nSPS) is 11.5. The molecule has 0 aliphatic carbocycles. The van der Waals surface area contributed by atoms with Gasteiger partial charge in [0.2, 0.25) is 0 Å². The lowest BCUT2D eigenvalue weighted by Crippen LogP contribution is -1.82. The lowest BCUT2D eigenvalue weighted by atomic mass is 10.1. The number of H-pyrrole nitrogens is 1. The van der Waals surface area contributed by atoms with Gasteiger partial charge in [0.1, 0.15) is 0 Å². The van der Waals surface area contributed by atoms with Gasteiger partial charge in [0.05, 0.1) is 5.00 Å². The lowest BCUT2D eigenvalue weighted by Gasteiger charge is -1.98. The molecule has 0 bridgehead atoms. The first kappa shape index (κ1) is 12.7. The maximum atomic E-state index is 3.51. The van der Waals surface area contributed by atoms with E-state index < -0.39 is 0 Å². The monoisotopic (exact) mass is 314 g/mol. The van der Waals surface area contributed by atoms with E-state index in [2.05, 4.69) is 88.0 Å². The van der Waals surface area contributed by atoms with E-state index in [1.54, 1.807) is 11.3 Å². The van der Waals surface area contributed by atoms with Crippen molar-refractivity contribution in [1.29, 1.82) is 0 Å². The van der Waals surface area contributed by atoms with E-state index >= 15 is 0 Å². The molecule has 1 N–H and O–H groups in total. The molecule has 110 valence electrons. The average Bonchev–Trinajstić information content (AvgIpc) is 3.31. The number of hydrogen-bond donors (Lipinski definition) is 1. The predicted molar refractivity (Wildman–Crippen MR) is 98.4 cm³/mol. The first-order valence-electron chi connectivity index (χ1n) is 7.61.